The summed E-state index contributed by atoms with van der Waals surface area (Å²) in [6, 6.07) is 15.4. The van der Waals surface area contributed by atoms with E-state index in [1.165, 1.54) is 0 Å². The van der Waals surface area contributed by atoms with E-state index in [9.17, 15) is 4.79 Å². The van der Waals surface area contributed by atoms with E-state index in [0.717, 1.165) is 17.0 Å². The van der Waals surface area contributed by atoms with Crippen molar-refractivity contribution < 1.29 is 9.53 Å². The van der Waals surface area contributed by atoms with Crippen LogP contribution in [0.25, 0.3) is 0 Å². The van der Waals surface area contributed by atoms with Crippen LogP contribution in [-0.4, -0.2) is 17.8 Å². The molecule has 0 N–H and O–H groups in total. The number of hydrogen-bond donors (Lipinski definition) is 0. The monoisotopic (exact) mass is 347 g/mol. The maximum Gasteiger partial charge on any atom is 0.238 e. The zero-order valence-electron chi connectivity index (χ0n) is 13.0. The first kappa shape index (κ1) is 16.2. The molecule has 0 unspecified atom stereocenters. The Bertz CT molecular complexity index is 685. The van der Waals surface area contributed by atoms with Gasteiger partial charge < -0.3 is 4.74 Å². The van der Waals surface area contributed by atoms with Crippen LogP contribution in [0.15, 0.2) is 48.5 Å². The Hall–Kier alpha value is -1.65. The van der Waals surface area contributed by atoms with Crippen molar-refractivity contribution in [1.29, 1.82) is 0 Å². The Morgan fingerprint density at radius 1 is 1.13 bits per heavy atom. The van der Waals surface area contributed by atoms with Gasteiger partial charge in [-0.25, -0.2) is 0 Å². The van der Waals surface area contributed by atoms with Crippen molar-refractivity contribution in [2.24, 2.45) is 0 Å². The second kappa shape index (κ2) is 6.85. The summed E-state index contributed by atoms with van der Waals surface area (Å²) in [7, 11) is 0. The van der Waals surface area contributed by atoms with Crippen LogP contribution in [0.1, 0.15) is 24.8 Å². The Labute approximate surface area is 145 Å². The molecule has 2 aromatic carbocycles. The van der Waals surface area contributed by atoms with Crippen LogP contribution in [0, 0.1) is 0 Å². The summed E-state index contributed by atoms with van der Waals surface area (Å²) < 4.78 is 5.68. The lowest BCUT2D eigenvalue weighted by Gasteiger charge is -2.24. The SMILES string of the molecule is CC(C)Oc1ccc([C@H]2SCC(=O)N2c2ccc(Cl)cc2)cc1. The van der Waals surface area contributed by atoms with E-state index in [1.807, 2.05) is 67.3 Å². The van der Waals surface area contributed by atoms with Gasteiger partial charge in [-0.05, 0) is 55.8 Å². The fraction of sp³-hybridized carbons (Fsp3) is 0.278. The number of anilines is 1. The predicted octanol–water partition coefficient (Wildman–Crippen LogP) is 4.91. The minimum Gasteiger partial charge on any atom is -0.491 e. The van der Waals surface area contributed by atoms with E-state index in [1.54, 1.807) is 11.8 Å². The smallest absolute Gasteiger partial charge is 0.238 e. The highest BCUT2D eigenvalue weighted by atomic mass is 35.5. The van der Waals surface area contributed by atoms with E-state index < -0.39 is 0 Å². The standard InChI is InChI=1S/C18H18ClNO2S/c1-12(2)22-16-9-3-13(4-10-16)18-20(17(21)11-23-18)15-7-5-14(19)6-8-15/h3-10,12,18H,11H2,1-2H3/t18-/m1/s1. The number of carbonyl (C=O) groups is 1. The number of nitrogens with zero attached hydrogens (tertiary/aromatic N) is 1. The van der Waals surface area contributed by atoms with Gasteiger partial charge in [0.2, 0.25) is 5.91 Å². The zero-order valence-corrected chi connectivity index (χ0v) is 14.6. The van der Waals surface area contributed by atoms with Crippen molar-refractivity contribution in [2.45, 2.75) is 25.3 Å². The lowest BCUT2D eigenvalue weighted by Crippen LogP contribution is -2.27. The highest BCUT2D eigenvalue weighted by molar-refractivity contribution is 8.00. The van der Waals surface area contributed by atoms with Gasteiger partial charge in [0.15, 0.2) is 0 Å². The second-order valence-electron chi connectivity index (χ2n) is 5.64. The Morgan fingerprint density at radius 2 is 1.78 bits per heavy atom. The number of halogens is 1. The Morgan fingerprint density at radius 3 is 2.39 bits per heavy atom. The number of rotatable bonds is 4. The average molecular weight is 348 g/mol. The average Bonchev–Trinajstić information content (AvgIpc) is 2.90. The molecule has 1 amide bonds. The van der Waals surface area contributed by atoms with Crippen molar-refractivity contribution in [3.63, 3.8) is 0 Å². The first-order chi connectivity index (χ1) is 11.0. The molecule has 1 aliphatic rings. The van der Waals surface area contributed by atoms with Crippen molar-refractivity contribution >= 4 is 35.0 Å². The summed E-state index contributed by atoms with van der Waals surface area (Å²) in [4.78, 5) is 14.1. The summed E-state index contributed by atoms with van der Waals surface area (Å²) in [5.41, 5.74) is 1.96. The van der Waals surface area contributed by atoms with Gasteiger partial charge in [0.1, 0.15) is 11.1 Å². The maximum absolute atomic E-state index is 12.3. The molecule has 5 heteroatoms. The molecule has 3 rings (SSSR count). The molecule has 0 saturated carbocycles. The number of ether oxygens (including phenoxy) is 1. The number of thioether (sulfide) groups is 1. The minimum absolute atomic E-state index is 0.0169. The van der Waals surface area contributed by atoms with Gasteiger partial charge in [-0.1, -0.05) is 23.7 Å². The molecule has 2 aromatic rings. The number of carbonyl (C=O) groups excluding carboxylic acids is 1. The van der Waals surface area contributed by atoms with Crippen LogP contribution in [0.2, 0.25) is 5.02 Å². The largest absolute Gasteiger partial charge is 0.491 e. The van der Waals surface area contributed by atoms with E-state index in [-0.39, 0.29) is 17.4 Å². The number of hydrogen-bond acceptors (Lipinski definition) is 3. The molecule has 1 heterocycles. The fourth-order valence-corrected chi connectivity index (χ4v) is 3.84. The number of benzene rings is 2. The highest BCUT2D eigenvalue weighted by Gasteiger charge is 2.33. The topological polar surface area (TPSA) is 29.5 Å². The molecule has 3 nitrogen and oxygen atoms in total. The third-order valence-electron chi connectivity index (χ3n) is 3.51. The van der Waals surface area contributed by atoms with Gasteiger partial charge in [-0.3, -0.25) is 9.69 Å². The molecule has 0 aliphatic carbocycles. The van der Waals surface area contributed by atoms with Crippen LogP contribution in [-0.2, 0) is 4.79 Å². The van der Waals surface area contributed by atoms with Crippen LogP contribution in [0.4, 0.5) is 5.69 Å². The van der Waals surface area contributed by atoms with Gasteiger partial charge in [-0.15, -0.1) is 11.8 Å². The van der Waals surface area contributed by atoms with E-state index in [4.69, 9.17) is 16.3 Å². The minimum atomic E-state index is -0.0169. The maximum atomic E-state index is 12.3. The molecule has 1 atom stereocenters. The van der Waals surface area contributed by atoms with Gasteiger partial charge >= 0.3 is 0 Å². The summed E-state index contributed by atoms with van der Waals surface area (Å²) in [6.45, 7) is 4.00. The molecule has 1 fully saturated rings. The van der Waals surface area contributed by atoms with Gasteiger partial charge in [0.25, 0.3) is 0 Å². The highest BCUT2D eigenvalue weighted by Crippen LogP contribution is 2.42. The summed E-state index contributed by atoms with van der Waals surface area (Å²) in [5.74, 6) is 1.44. The second-order valence-corrected chi connectivity index (χ2v) is 7.14. The molecule has 23 heavy (non-hydrogen) atoms. The molecular weight excluding hydrogens is 330 g/mol. The molecule has 120 valence electrons. The van der Waals surface area contributed by atoms with E-state index >= 15 is 0 Å². The lowest BCUT2D eigenvalue weighted by molar-refractivity contribution is -0.115. The molecule has 0 bridgehead atoms. The van der Waals surface area contributed by atoms with Crippen molar-refractivity contribution in [3.05, 3.63) is 59.1 Å². The summed E-state index contributed by atoms with van der Waals surface area (Å²) in [6.07, 6.45) is 0.147. The third-order valence-corrected chi connectivity index (χ3v) is 4.97. The van der Waals surface area contributed by atoms with Gasteiger partial charge in [-0.2, -0.15) is 0 Å². The van der Waals surface area contributed by atoms with Crippen molar-refractivity contribution in [2.75, 3.05) is 10.7 Å². The van der Waals surface area contributed by atoms with Crippen molar-refractivity contribution in [1.82, 2.24) is 0 Å². The molecule has 1 saturated heterocycles. The Kier molecular flexibility index (Phi) is 4.83. The zero-order chi connectivity index (χ0) is 16.4. The molecular formula is C18H18ClNO2S. The summed E-state index contributed by atoms with van der Waals surface area (Å²) in [5, 5.41) is 0.650. The number of amides is 1. The molecule has 0 radical (unpaired) electrons. The Balaban J connectivity index is 1.85. The molecule has 1 aliphatic heterocycles. The van der Waals surface area contributed by atoms with Crippen molar-refractivity contribution in [3.8, 4) is 5.75 Å². The first-order valence-electron chi connectivity index (χ1n) is 7.50. The normalized spacial score (nSPS) is 17.8. The van der Waals surface area contributed by atoms with Crippen LogP contribution < -0.4 is 9.64 Å². The molecule has 0 aromatic heterocycles. The van der Waals surface area contributed by atoms with Crippen LogP contribution >= 0.6 is 23.4 Å². The predicted molar refractivity (Wildman–Crippen MR) is 96.3 cm³/mol. The van der Waals surface area contributed by atoms with Gasteiger partial charge in [0, 0.05) is 10.7 Å². The fourth-order valence-electron chi connectivity index (χ4n) is 2.53. The van der Waals surface area contributed by atoms with E-state index in [0.29, 0.717) is 10.8 Å². The first-order valence-corrected chi connectivity index (χ1v) is 8.93. The van der Waals surface area contributed by atoms with Gasteiger partial charge in [0.05, 0.1) is 11.9 Å². The van der Waals surface area contributed by atoms with Crippen LogP contribution in [0.3, 0.4) is 0 Å². The third kappa shape index (κ3) is 3.65. The quantitative estimate of drug-likeness (QED) is 0.787. The van der Waals surface area contributed by atoms with Crippen LogP contribution in [0.5, 0.6) is 5.75 Å². The van der Waals surface area contributed by atoms with E-state index in [2.05, 4.69) is 0 Å². The lowest BCUT2D eigenvalue weighted by atomic mass is 10.1. The summed E-state index contributed by atoms with van der Waals surface area (Å²) >= 11 is 7.58. The molecule has 0 spiro atoms.